The minimum Gasteiger partial charge on any atom is -0.447 e. The predicted octanol–water partition coefficient (Wildman–Crippen LogP) is -0.383. The molecule has 1 amide bonds. The molecule has 1 rings (SSSR count). The number of carbonyl (C=O) groups is 1. The van der Waals surface area contributed by atoms with Crippen molar-refractivity contribution in [2.24, 2.45) is 0 Å². The van der Waals surface area contributed by atoms with Crippen LogP contribution in [0.3, 0.4) is 0 Å². The highest BCUT2D eigenvalue weighted by Crippen LogP contribution is 2.10. The number of aliphatic hydroxyl groups is 2. The number of alkyl carbamates (subject to hydrolysis) is 1. The molecule has 0 aliphatic carbocycles. The van der Waals surface area contributed by atoms with E-state index < -0.39 is 24.3 Å². The zero-order chi connectivity index (χ0) is 9.84. The van der Waals surface area contributed by atoms with Crippen LogP contribution in [-0.2, 0) is 4.74 Å². The number of carbonyl (C=O) groups excluding carboxylic acids is 1. The van der Waals surface area contributed by atoms with Crippen LogP contribution in [0.2, 0.25) is 0 Å². The van der Waals surface area contributed by atoms with Crippen LogP contribution in [0, 0.1) is 0 Å². The van der Waals surface area contributed by atoms with Gasteiger partial charge in [-0.3, -0.25) is 0 Å². The number of amides is 1. The first-order valence-electron chi connectivity index (χ1n) is 4.44. The van der Waals surface area contributed by atoms with Crippen molar-refractivity contribution in [2.45, 2.75) is 38.0 Å². The van der Waals surface area contributed by atoms with Gasteiger partial charge in [0, 0.05) is 0 Å². The molecule has 3 atom stereocenters. The molecule has 1 aliphatic rings. The van der Waals surface area contributed by atoms with Crippen molar-refractivity contribution >= 4 is 6.09 Å². The zero-order valence-corrected chi connectivity index (χ0v) is 7.56. The van der Waals surface area contributed by atoms with Crippen LogP contribution >= 0.6 is 0 Å². The molecule has 76 valence electrons. The summed E-state index contributed by atoms with van der Waals surface area (Å²) in [5.74, 6) is 0. The lowest BCUT2D eigenvalue weighted by atomic mass is 10.0. The number of nitrogens with one attached hydrogen (secondary N) is 1. The summed E-state index contributed by atoms with van der Waals surface area (Å²) in [6.07, 6.45) is -0.955. The number of hydrogen-bond donors (Lipinski definition) is 3. The molecule has 5 heteroatoms. The standard InChI is InChI=1S/C8H15NO4/c1-2-3-6(10)7(11)5-4-13-8(12)9-5/h5-7,10-11H,2-4H2,1H3,(H,9,12)/t5-,6-,7-/m1/s1. The third kappa shape index (κ3) is 2.57. The minimum atomic E-state index is -0.939. The van der Waals surface area contributed by atoms with Crippen molar-refractivity contribution in [1.29, 1.82) is 0 Å². The molecule has 0 saturated carbocycles. The van der Waals surface area contributed by atoms with Crippen molar-refractivity contribution in [1.82, 2.24) is 5.32 Å². The Morgan fingerprint density at radius 1 is 1.69 bits per heavy atom. The van der Waals surface area contributed by atoms with Gasteiger partial charge in [0.15, 0.2) is 0 Å². The van der Waals surface area contributed by atoms with Gasteiger partial charge in [0.25, 0.3) is 0 Å². The predicted molar refractivity (Wildman–Crippen MR) is 45.2 cm³/mol. The summed E-state index contributed by atoms with van der Waals surface area (Å²) < 4.78 is 4.59. The molecule has 1 fully saturated rings. The lowest BCUT2D eigenvalue weighted by molar-refractivity contribution is -0.00628. The van der Waals surface area contributed by atoms with Crippen LogP contribution in [0.4, 0.5) is 4.79 Å². The Bertz CT molecular complexity index is 185. The fraction of sp³-hybridized carbons (Fsp3) is 0.875. The van der Waals surface area contributed by atoms with Gasteiger partial charge in [-0.05, 0) is 6.42 Å². The lowest BCUT2D eigenvalue weighted by Gasteiger charge is -2.21. The maximum atomic E-state index is 10.6. The SMILES string of the molecule is CCC[C@@H](O)[C@H](O)[C@H]1COC(=O)N1. The van der Waals surface area contributed by atoms with E-state index in [0.717, 1.165) is 6.42 Å². The van der Waals surface area contributed by atoms with Gasteiger partial charge < -0.3 is 20.3 Å². The van der Waals surface area contributed by atoms with E-state index in [0.29, 0.717) is 6.42 Å². The molecule has 0 spiro atoms. The number of rotatable bonds is 4. The largest absolute Gasteiger partial charge is 0.447 e. The molecule has 13 heavy (non-hydrogen) atoms. The molecule has 0 aromatic rings. The molecular formula is C8H15NO4. The third-order valence-electron chi connectivity index (χ3n) is 2.09. The van der Waals surface area contributed by atoms with E-state index in [9.17, 15) is 15.0 Å². The molecule has 3 N–H and O–H groups in total. The third-order valence-corrected chi connectivity index (χ3v) is 2.09. The first-order valence-corrected chi connectivity index (χ1v) is 4.44. The molecule has 1 saturated heterocycles. The van der Waals surface area contributed by atoms with Gasteiger partial charge in [-0.1, -0.05) is 13.3 Å². The summed E-state index contributed by atoms with van der Waals surface area (Å²) in [5, 5.41) is 21.4. The number of hydrogen-bond acceptors (Lipinski definition) is 4. The molecule has 5 nitrogen and oxygen atoms in total. The maximum Gasteiger partial charge on any atom is 0.407 e. The van der Waals surface area contributed by atoms with Crippen LogP contribution in [0.1, 0.15) is 19.8 Å². The van der Waals surface area contributed by atoms with E-state index in [1.165, 1.54) is 0 Å². The van der Waals surface area contributed by atoms with Crippen molar-refractivity contribution < 1.29 is 19.7 Å². The second-order valence-corrected chi connectivity index (χ2v) is 3.20. The van der Waals surface area contributed by atoms with E-state index >= 15 is 0 Å². The van der Waals surface area contributed by atoms with Crippen molar-refractivity contribution in [2.75, 3.05) is 6.61 Å². The van der Waals surface area contributed by atoms with Crippen molar-refractivity contribution in [3.63, 3.8) is 0 Å². The molecular weight excluding hydrogens is 174 g/mol. The van der Waals surface area contributed by atoms with Gasteiger partial charge in [0.05, 0.1) is 12.1 Å². The minimum absolute atomic E-state index is 0.126. The van der Waals surface area contributed by atoms with Crippen LogP contribution in [0.25, 0.3) is 0 Å². The summed E-state index contributed by atoms with van der Waals surface area (Å²) in [6.45, 7) is 2.04. The first kappa shape index (κ1) is 10.3. The molecule has 0 aromatic heterocycles. The smallest absolute Gasteiger partial charge is 0.407 e. The highest BCUT2D eigenvalue weighted by molar-refractivity contribution is 5.69. The quantitative estimate of drug-likeness (QED) is 0.563. The van der Waals surface area contributed by atoms with Crippen LogP contribution < -0.4 is 5.32 Å². The van der Waals surface area contributed by atoms with Crippen LogP contribution in [-0.4, -0.2) is 41.2 Å². The molecule has 0 aromatic carbocycles. The topological polar surface area (TPSA) is 78.8 Å². The molecule has 0 unspecified atom stereocenters. The van der Waals surface area contributed by atoms with E-state index in [-0.39, 0.29) is 6.61 Å². The summed E-state index contributed by atoms with van der Waals surface area (Å²) in [6, 6.07) is -0.478. The Morgan fingerprint density at radius 2 is 2.38 bits per heavy atom. The fourth-order valence-electron chi connectivity index (χ4n) is 1.32. The van der Waals surface area contributed by atoms with Crippen LogP contribution in [0.5, 0.6) is 0 Å². The van der Waals surface area contributed by atoms with Gasteiger partial charge in [-0.15, -0.1) is 0 Å². The Kier molecular flexibility index (Phi) is 3.50. The first-order chi connectivity index (χ1) is 6.15. The molecule has 1 aliphatic heterocycles. The number of ether oxygens (including phenoxy) is 1. The van der Waals surface area contributed by atoms with Gasteiger partial charge >= 0.3 is 6.09 Å². The lowest BCUT2D eigenvalue weighted by Crippen LogP contribution is -2.45. The Labute approximate surface area is 76.7 Å². The number of cyclic esters (lactones) is 1. The van der Waals surface area contributed by atoms with Gasteiger partial charge in [-0.2, -0.15) is 0 Å². The van der Waals surface area contributed by atoms with Crippen molar-refractivity contribution in [3.05, 3.63) is 0 Å². The Balaban J connectivity index is 2.38. The second kappa shape index (κ2) is 4.43. The van der Waals surface area contributed by atoms with E-state index in [2.05, 4.69) is 10.1 Å². The van der Waals surface area contributed by atoms with E-state index in [1.54, 1.807) is 0 Å². The molecule has 0 radical (unpaired) electrons. The summed E-state index contributed by atoms with van der Waals surface area (Å²) in [7, 11) is 0. The maximum absolute atomic E-state index is 10.6. The Morgan fingerprint density at radius 3 is 2.85 bits per heavy atom. The van der Waals surface area contributed by atoms with Gasteiger partial charge in [-0.25, -0.2) is 4.79 Å². The van der Waals surface area contributed by atoms with Crippen LogP contribution in [0.15, 0.2) is 0 Å². The van der Waals surface area contributed by atoms with E-state index in [1.807, 2.05) is 6.92 Å². The highest BCUT2D eigenvalue weighted by atomic mass is 16.6. The van der Waals surface area contributed by atoms with Gasteiger partial charge in [0.1, 0.15) is 12.7 Å². The fourth-order valence-corrected chi connectivity index (χ4v) is 1.32. The normalized spacial score (nSPS) is 26.4. The van der Waals surface area contributed by atoms with Gasteiger partial charge in [0.2, 0.25) is 0 Å². The van der Waals surface area contributed by atoms with E-state index in [4.69, 9.17) is 0 Å². The average Bonchev–Trinajstić information content (AvgIpc) is 2.51. The number of aliphatic hydroxyl groups excluding tert-OH is 2. The second-order valence-electron chi connectivity index (χ2n) is 3.20. The monoisotopic (exact) mass is 189 g/mol. The summed E-state index contributed by atoms with van der Waals surface area (Å²) in [5.41, 5.74) is 0. The average molecular weight is 189 g/mol. The Hall–Kier alpha value is -0.810. The molecule has 1 heterocycles. The zero-order valence-electron chi connectivity index (χ0n) is 7.56. The molecule has 0 bridgehead atoms. The highest BCUT2D eigenvalue weighted by Gasteiger charge is 2.32. The summed E-state index contributed by atoms with van der Waals surface area (Å²) in [4.78, 5) is 10.6. The van der Waals surface area contributed by atoms with Crippen molar-refractivity contribution in [3.8, 4) is 0 Å². The summed E-state index contributed by atoms with van der Waals surface area (Å²) >= 11 is 0.